The summed E-state index contributed by atoms with van der Waals surface area (Å²) in [6.45, 7) is 2.10. The van der Waals surface area contributed by atoms with Gasteiger partial charge in [0.05, 0.1) is 6.33 Å². The van der Waals surface area contributed by atoms with E-state index in [1.165, 1.54) is 69.8 Å². The Balaban J connectivity index is 1.34. The maximum Gasteiger partial charge on any atom is 0.0829 e. The predicted octanol–water partition coefficient (Wildman–Crippen LogP) is 7.62. The summed E-state index contributed by atoms with van der Waals surface area (Å²) in [6.07, 6.45) is 21.3. The molecule has 5 unspecified atom stereocenters. The van der Waals surface area contributed by atoms with Crippen molar-refractivity contribution in [2.24, 2.45) is 29.6 Å². The van der Waals surface area contributed by atoms with Crippen LogP contribution in [0, 0.1) is 29.6 Å². The number of benzene rings is 1. The van der Waals surface area contributed by atoms with E-state index in [-0.39, 0.29) is 0 Å². The van der Waals surface area contributed by atoms with Crippen LogP contribution >= 0.6 is 0 Å². The molecule has 0 heterocycles. The van der Waals surface area contributed by atoms with Crippen molar-refractivity contribution in [3.63, 3.8) is 0 Å². The normalized spacial score (nSPS) is 33.1. The number of aryl methyl sites for hydroxylation is 2. The third-order valence-electron chi connectivity index (χ3n) is 8.08. The largest absolute Gasteiger partial charge is 0.216 e. The monoisotopic (exact) mass is 380 g/mol. The Morgan fingerprint density at radius 2 is 1.71 bits per heavy atom. The van der Waals surface area contributed by atoms with Gasteiger partial charge >= 0.3 is 0 Å². The summed E-state index contributed by atoms with van der Waals surface area (Å²) in [4.78, 5) is 0. The van der Waals surface area contributed by atoms with Gasteiger partial charge in [0.25, 0.3) is 0 Å². The third-order valence-corrected chi connectivity index (χ3v) is 8.08. The van der Waals surface area contributed by atoms with Crippen LogP contribution in [0.1, 0.15) is 75.0 Å². The first-order chi connectivity index (χ1) is 13.8. The Bertz CT molecular complexity index is 700. The molecule has 0 N–H and O–H groups in total. The summed E-state index contributed by atoms with van der Waals surface area (Å²) in [6, 6.07) is 7.31. The van der Waals surface area contributed by atoms with Crippen molar-refractivity contribution in [2.45, 2.75) is 77.6 Å². The van der Waals surface area contributed by atoms with Gasteiger partial charge in [0.1, 0.15) is 0 Å². The second-order valence-electron chi connectivity index (χ2n) is 9.70. The average Bonchev–Trinajstić information content (AvgIpc) is 2.73. The van der Waals surface area contributed by atoms with Crippen LogP contribution in [-0.2, 0) is 19.3 Å². The second-order valence-corrected chi connectivity index (χ2v) is 9.70. The van der Waals surface area contributed by atoms with Gasteiger partial charge in [0.15, 0.2) is 0 Å². The molecule has 1 aromatic carbocycles. The highest BCUT2D eigenvalue weighted by molar-refractivity contribution is 5.34. The van der Waals surface area contributed by atoms with Gasteiger partial charge in [-0.15, -0.1) is 0 Å². The molecule has 1 heteroatoms. The van der Waals surface area contributed by atoms with Gasteiger partial charge in [-0.05, 0) is 124 Å². The van der Waals surface area contributed by atoms with E-state index in [0.717, 1.165) is 36.4 Å². The van der Waals surface area contributed by atoms with Crippen molar-refractivity contribution in [2.75, 3.05) is 0 Å². The van der Waals surface area contributed by atoms with E-state index in [1.54, 1.807) is 11.1 Å². The highest BCUT2D eigenvalue weighted by Crippen LogP contribution is 2.48. The highest BCUT2D eigenvalue weighted by atomic mass is 19.1. The number of allylic oxidation sites excluding steroid dienone is 3. The minimum absolute atomic E-state index is 0.506. The lowest BCUT2D eigenvalue weighted by atomic mass is 9.61. The summed E-state index contributed by atoms with van der Waals surface area (Å²) < 4.78 is 12.5. The van der Waals surface area contributed by atoms with Crippen LogP contribution in [0.4, 0.5) is 4.39 Å². The molecule has 2 saturated carbocycles. The molecule has 0 amide bonds. The molecule has 0 saturated heterocycles. The van der Waals surface area contributed by atoms with Crippen LogP contribution in [0.25, 0.3) is 0 Å². The molecule has 1 aromatic rings. The van der Waals surface area contributed by atoms with E-state index in [1.807, 2.05) is 6.08 Å². The Morgan fingerprint density at radius 1 is 0.929 bits per heavy atom. The molecule has 3 aliphatic rings. The zero-order valence-electron chi connectivity index (χ0n) is 17.6. The summed E-state index contributed by atoms with van der Waals surface area (Å²) in [5.41, 5.74) is 4.77. The van der Waals surface area contributed by atoms with E-state index in [9.17, 15) is 4.39 Å². The van der Waals surface area contributed by atoms with Crippen LogP contribution in [-0.4, -0.2) is 0 Å². The molecule has 28 heavy (non-hydrogen) atoms. The molecule has 0 aromatic heterocycles. The van der Waals surface area contributed by atoms with Gasteiger partial charge in [-0.25, -0.2) is 4.39 Å². The molecule has 0 radical (unpaired) electrons. The van der Waals surface area contributed by atoms with Crippen LogP contribution in [0.5, 0.6) is 0 Å². The van der Waals surface area contributed by atoms with Crippen molar-refractivity contribution in [3.8, 4) is 0 Å². The van der Waals surface area contributed by atoms with Crippen molar-refractivity contribution in [1.29, 1.82) is 0 Å². The van der Waals surface area contributed by atoms with E-state index >= 15 is 0 Å². The number of fused-ring (bicyclic) bond motifs is 2. The first-order valence-corrected chi connectivity index (χ1v) is 11.8. The lowest BCUT2D eigenvalue weighted by Crippen LogP contribution is -2.34. The summed E-state index contributed by atoms with van der Waals surface area (Å²) in [5.74, 6) is 4.11. The lowest BCUT2D eigenvalue weighted by Gasteiger charge is -2.44. The molecule has 0 spiro atoms. The summed E-state index contributed by atoms with van der Waals surface area (Å²) in [5, 5.41) is 0. The standard InChI is InChI=1S/C27H37F/c1-2-3-4-5-20-6-8-24-18-26(12-10-22(24)16-20)27-13-11-23-17-21(14-15-28)7-9-25(23)19-27/h2-3,6,8,14-16,21,23,25-27H,4-5,7,9-13,17-19H2,1H3/b3-2+,15-14+. The summed E-state index contributed by atoms with van der Waals surface area (Å²) >= 11 is 0. The van der Waals surface area contributed by atoms with Gasteiger partial charge in [-0.2, -0.15) is 0 Å². The van der Waals surface area contributed by atoms with Gasteiger partial charge in [-0.3, -0.25) is 0 Å². The van der Waals surface area contributed by atoms with Gasteiger partial charge < -0.3 is 0 Å². The number of hydrogen-bond acceptors (Lipinski definition) is 0. The highest BCUT2D eigenvalue weighted by Gasteiger charge is 2.38. The number of halogens is 1. The lowest BCUT2D eigenvalue weighted by molar-refractivity contribution is 0.0809. The van der Waals surface area contributed by atoms with Crippen LogP contribution in [0.15, 0.2) is 42.8 Å². The van der Waals surface area contributed by atoms with Crippen molar-refractivity contribution >= 4 is 0 Å². The molecule has 4 rings (SSSR count). The fraction of sp³-hybridized carbons (Fsp3) is 0.630. The molecule has 0 aliphatic heterocycles. The maximum atomic E-state index is 12.5. The zero-order valence-corrected chi connectivity index (χ0v) is 17.6. The van der Waals surface area contributed by atoms with Gasteiger partial charge in [0, 0.05) is 0 Å². The number of rotatable bonds is 5. The topological polar surface area (TPSA) is 0 Å². The van der Waals surface area contributed by atoms with Gasteiger partial charge in [-0.1, -0.05) is 36.4 Å². The third kappa shape index (κ3) is 4.61. The Hall–Kier alpha value is -1.37. The van der Waals surface area contributed by atoms with E-state index in [2.05, 4.69) is 37.3 Å². The SMILES string of the molecule is C/C=C/CCc1ccc2c(c1)CCC(C1CCC3CC(/C=C/F)CCC3C1)C2. The van der Waals surface area contributed by atoms with Crippen molar-refractivity contribution < 1.29 is 4.39 Å². The minimum Gasteiger partial charge on any atom is -0.216 e. The molecule has 0 bridgehead atoms. The van der Waals surface area contributed by atoms with Crippen LogP contribution in [0.3, 0.4) is 0 Å². The van der Waals surface area contributed by atoms with Gasteiger partial charge in [0.2, 0.25) is 0 Å². The zero-order chi connectivity index (χ0) is 19.3. The fourth-order valence-electron chi connectivity index (χ4n) is 6.48. The van der Waals surface area contributed by atoms with E-state index in [0.29, 0.717) is 5.92 Å². The first kappa shape index (κ1) is 19.9. The predicted molar refractivity (Wildman–Crippen MR) is 117 cm³/mol. The molecule has 5 atom stereocenters. The Kier molecular flexibility index (Phi) is 6.70. The average molecular weight is 381 g/mol. The Morgan fingerprint density at radius 3 is 2.54 bits per heavy atom. The molecular weight excluding hydrogens is 343 g/mol. The van der Waals surface area contributed by atoms with Crippen LogP contribution in [0.2, 0.25) is 0 Å². The first-order valence-electron chi connectivity index (χ1n) is 11.8. The van der Waals surface area contributed by atoms with Crippen molar-refractivity contribution in [3.05, 3.63) is 59.4 Å². The maximum absolute atomic E-state index is 12.5. The summed E-state index contributed by atoms with van der Waals surface area (Å²) in [7, 11) is 0. The molecule has 3 aliphatic carbocycles. The Labute approximate surface area is 171 Å². The molecular formula is C27H37F. The number of hydrogen-bond donors (Lipinski definition) is 0. The van der Waals surface area contributed by atoms with E-state index in [4.69, 9.17) is 0 Å². The van der Waals surface area contributed by atoms with Crippen molar-refractivity contribution in [1.82, 2.24) is 0 Å². The molecule has 2 fully saturated rings. The molecule has 152 valence electrons. The second kappa shape index (κ2) is 9.42. The molecule has 0 nitrogen and oxygen atoms in total. The minimum atomic E-state index is 0.506. The smallest absolute Gasteiger partial charge is 0.0829 e. The quantitative estimate of drug-likeness (QED) is 0.461. The van der Waals surface area contributed by atoms with E-state index < -0.39 is 0 Å². The fourth-order valence-corrected chi connectivity index (χ4v) is 6.48. The van der Waals surface area contributed by atoms with Crippen LogP contribution < -0.4 is 0 Å².